The number of anilines is 1. The fourth-order valence-corrected chi connectivity index (χ4v) is 2.12. The molecule has 1 aromatic rings. The summed E-state index contributed by atoms with van der Waals surface area (Å²) < 4.78 is 38.2. The monoisotopic (exact) mass is 307 g/mol. The Morgan fingerprint density at radius 1 is 1.35 bits per heavy atom. The Bertz CT molecular complexity index is 472. The highest BCUT2D eigenvalue weighted by Gasteiger charge is 2.37. The van der Waals surface area contributed by atoms with Crippen molar-refractivity contribution >= 4 is 17.4 Å². The summed E-state index contributed by atoms with van der Waals surface area (Å²) in [5.74, 6) is -0.411. The highest BCUT2D eigenvalue weighted by Crippen LogP contribution is 2.34. The summed E-state index contributed by atoms with van der Waals surface area (Å²) in [7, 11) is 0. The molecule has 7 heteroatoms. The first kappa shape index (κ1) is 15.4. The zero-order valence-electron chi connectivity index (χ0n) is 11.4. The molecule has 3 nitrogen and oxygen atoms in total. The van der Waals surface area contributed by atoms with Gasteiger partial charge in [-0.15, -0.1) is 0 Å². The van der Waals surface area contributed by atoms with Crippen LogP contribution in [-0.2, 0) is 6.18 Å². The Morgan fingerprint density at radius 2 is 2.00 bits per heavy atom. The number of hydrogen-bond acceptors (Lipinski definition) is 3. The Morgan fingerprint density at radius 3 is 2.50 bits per heavy atom. The van der Waals surface area contributed by atoms with Crippen molar-refractivity contribution < 1.29 is 13.2 Å². The summed E-state index contributed by atoms with van der Waals surface area (Å²) in [5.41, 5.74) is 0. The van der Waals surface area contributed by atoms with Gasteiger partial charge in [-0.05, 0) is 25.2 Å². The molecule has 0 N–H and O–H groups in total. The molecule has 0 unspecified atom stereocenters. The summed E-state index contributed by atoms with van der Waals surface area (Å²) in [6.45, 7) is 4.85. The summed E-state index contributed by atoms with van der Waals surface area (Å²) in [6, 6.07) is 1.69. The third-order valence-electron chi connectivity index (χ3n) is 3.16. The Labute approximate surface area is 121 Å². The van der Waals surface area contributed by atoms with Gasteiger partial charge in [-0.1, -0.05) is 25.4 Å². The van der Waals surface area contributed by atoms with E-state index >= 15 is 0 Å². The molecule has 0 saturated heterocycles. The number of hydrogen-bond donors (Lipinski definition) is 0. The average Bonchev–Trinajstić information content (AvgIpc) is 3.11. The highest BCUT2D eigenvalue weighted by atomic mass is 35.5. The number of nitrogens with zero attached hydrogens (tertiary/aromatic N) is 3. The lowest BCUT2D eigenvalue weighted by molar-refractivity contribution is -0.144. The molecule has 1 fully saturated rings. The van der Waals surface area contributed by atoms with Crippen LogP contribution in [0.3, 0.4) is 0 Å². The first-order valence-electron chi connectivity index (χ1n) is 6.66. The molecule has 0 aliphatic heterocycles. The summed E-state index contributed by atoms with van der Waals surface area (Å²) >= 11 is 5.71. The van der Waals surface area contributed by atoms with Crippen LogP contribution < -0.4 is 4.90 Å². The van der Waals surface area contributed by atoms with Gasteiger partial charge in [0.15, 0.2) is 0 Å². The molecule has 1 aliphatic rings. The quantitative estimate of drug-likeness (QED) is 0.765. The van der Waals surface area contributed by atoms with Gasteiger partial charge in [-0.3, -0.25) is 0 Å². The lowest BCUT2D eigenvalue weighted by Gasteiger charge is -2.25. The van der Waals surface area contributed by atoms with E-state index in [0.717, 1.165) is 19.3 Å². The molecular formula is C13H17ClF3N3. The highest BCUT2D eigenvalue weighted by molar-refractivity contribution is 6.29. The number of alkyl halides is 3. The smallest absolute Gasteiger partial charge is 0.353 e. The normalized spacial score (nSPS) is 15.8. The maximum atomic E-state index is 12.7. The van der Waals surface area contributed by atoms with Crippen molar-refractivity contribution in [1.29, 1.82) is 0 Å². The molecule has 2 rings (SSSR count). The van der Waals surface area contributed by atoms with Crippen LogP contribution in [0.1, 0.15) is 38.9 Å². The van der Waals surface area contributed by atoms with E-state index in [4.69, 9.17) is 11.6 Å². The molecule has 1 aliphatic carbocycles. The molecule has 1 aromatic heterocycles. The van der Waals surface area contributed by atoms with Crippen LogP contribution in [0.15, 0.2) is 6.07 Å². The summed E-state index contributed by atoms with van der Waals surface area (Å²) in [6.07, 6.45) is -1.70. The van der Waals surface area contributed by atoms with Crippen molar-refractivity contribution in [3.8, 4) is 0 Å². The molecule has 0 bridgehead atoms. The predicted molar refractivity (Wildman–Crippen MR) is 71.9 cm³/mol. The lowest BCUT2D eigenvalue weighted by atomic mass is 10.1. The molecule has 0 aromatic carbocycles. The molecule has 1 heterocycles. The second-order valence-electron chi connectivity index (χ2n) is 5.48. The van der Waals surface area contributed by atoms with Gasteiger partial charge < -0.3 is 4.90 Å². The maximum Gasteiger partial charge on any atom is 0.451 e. The van der Waals surface area contributed by atoms with E-state index < -0.39 is 12.0 Å². The van der Waals surface area contributed by atoms with Crippen molar-refractivity contribution in [2.45, 2.75) is 45.3 Å². The number of halogens is 4. The minimum absolute atomic E-state index is 0.169. The molecular weight excluding hydrogens is 291 g/mol. The van der Waals surface area contributed by atoms with Crippen molar-refractivity contribution in [1.82, 2.24) is 9.97 Å². The fourth-order valence-electron chi connectivity index (χ4n) is 1.95. The van der Waals surface area contributed by atoms with Gasteiger partial charge in [0.2, 0.25) is 5.82 Å². The van der Waals surface area contributed by atoms with E-state index in [-0.39, 0.29) is 17.0 Å². The van der Waals surface area contributed by atoms with Gasteiger partial charge in [-0.2, -0.15) is 13.2 Å². The second-order valence-corrected chi connectivity index (χ2v) is 5.86. The van der Waals surface area contributed by atoms with E-state index in [1.54, 1.807) is 0 Å². The van der Waals surface area contributed by atoms with Crippen LogP contribution in [0, 0.1) is 5.92 Å². The van der Waals surface area contributed by atoms with E-state index in [2.05, 4.69) is 23.8 Å². The van der Waals surface area contributed by atoms with Crippen LogP contribution in [0.4, 0.5) is 19.0 Å². The van der Waals surface area contributed by atoms with E-state index in [1.165, 1.54) is 6.07 Å². The topological polar surface area (TPSA) is 29.0 Å². The molecule has 0 spiro atoms. The lowest BCUT2D eigenvalue weighted by Crippen LogP contribution is -2.29. The first-order chi connectivity index (χ1) is 9.27. The van der Waals surface area contributed by atoms with Gasteiger partial charge in [0.25, 0.3) is 0 Å². The second kappa shape index (κ2) is 5.76. The largest absolute Gasteiger partial charge is 0.451 e. The van der Waals surface area contributed by atoms with Crippen LogP contribution >= 0.6 is 11.6 Å². The Balaban J connectivity index is 2.26. The minimum atomic E-state index is -4.58. The fraction of sp³-hybridized carbons (Fsp3) is 0.692. The van der Waals surface area contributed by atoms with Crippen LogP contribution in [-0.4, -0.2) is 22.6 Å². The van der Waals surface area contributed by atoms with Gasteiger partial charge in [0.1, 0.15) is 11.0 Å². The third-order valence-corrected chi connectivity index (χ3v) is 3.36. The van der Waals surface area contributed by atoms with Gasteiger partial charge >= 0.3 is 6.18 Å². The number of rotatable bonds is 5. The zero-order chi connectivity index (χ0) is 14.9. The standard InChI is InChI=1S/C13H17ClF3N3/c1-8(2)5-6-20(9-3-4-9)11-7-10(14)18-12(19-11)13(15,16)17/h7-9H,3-6H2,1-2H3. The molecule has 112 valence electrons. The average molecular weight is 308 g/mol. The zero-order valence-corrected chi connectivity index (χ0v) is 12.2. The predicted octanol–water partition coefficient (Wildman–Crippen LogP) is 4.16. The van der Waals surface area contributed by atoms with Gasteiger partial charge in [-0.25, -0.2) is 9.97 Å². The minimum Gasteiger partial charge on any atom is -0.353 e. The van der Waals surface area contributed by atoms with Crippen molar-refractivity contribution in [2.75, 3.05) is 11.4 Å². The third kappa shape index (κ3) is 3.98. The Hall–Kier alpha value is -1.04. The molecule has 20 heavy (non-hydrogen) atoms. The summed E-state index contributed by atoms with van der Waals surface area (Å²) in [5, 5.41) is -0.169. The van der Waals surface area contributed by atoms with Crippen molar-refractivity contribution in [2.24, 2.45) is 5.92 Å². The summed E-state index contributed by atoms with van der Waals surface area (Å²) in [4.78, 5) is 8.83. The van der Waals surface area contributed by atoms with Crippen LogP contribution in [0.5, 0.6) is 0 Å². The van der Waals surface area contributed by atoms with Crippen molar-refractivity contribution in [3.63, 3.8) is 0 Å². The van der Waals surface area contributed by atoms with Crippen molar-refractivity contribution in [3.05, 3.63) is 17.0 Å². The molecule has 0 radical (unpaired) electrons. The SMILES string of the molecule is CC(C)CCN(c1cc(Cl)nc(C(F)(F)F)n1)C1CC1. The van der Waals surface area contributed by atoms with Crippen LogP contribution in [0.2, 0.25) is 5.15 Å². The van der Waals surface area contributed by atoms with Crippen LogP contribution in [0.25, 0.3) is 0 Å². The molecule has 1 saturated carbocycles. The maximum absolute atomic E-state index is 12.7. The molecule has 0 amide bonds. The molecule has 0 atom stereocenters. The number of aromatic nitrogens is 2. The first-order valence-corrected chi connectivity index (χ1v) is 7.03. The Kier molecular flexibility index (Phi) is 4.42. The van der Waals surface area contributed by atoms with Gasteiger partial charge in [0, 0.05) is 18.7 Å². The van der Waals surface area contributed by atoms with E-state index in [1.807, 2.05) is 4.90 Å². The van der Waals surface area contributed by atoms with E-state index in [0.29, 0.717) is 12.5 Å². The van der Waals surface area contributed by atoms with E-state index in [9.17, 15) is 13.2 Å². The van der Waals surface area contributed by atoms with Gasteiger partial charge in [0.05, 0.1) is 0 Å².